The van der Waals surface area contributed by atoms with Crippen LogP contribution < -0.4 is 0 Å². The number of rotatable bonds is 4. The molecule has 0 rings (SSSR count). The number of allylic oxidation sites excluding steroid dienone is 1. The summed E-state index contributed by atoms with van der Waals surface area (Å²) in [6.07, 6.45) is 2.51. The van der Waals surface area contributed by atoms with Gasteiger partial charge in [0.25, 0.3) is 0 Å². The first-order valence-electron chi connectivity index (χ1n) is 3.19. The van der Waals surface area contributed by atoms with Crippen LogP contribution in [0.5, 0.6) is 0 Å². The van der Waals surface area contributed by atoms with Gasteiger partial charge in [-0.05, 0) is 6.92 Å². The summed E-state index contributed by atoms with van der Waals surface area (Å²) in [4.78, 5) is 20.5. The topological polar surface area (TPSA) is 63.6 Å². The van der Waals surface area contributed by atoms with Crippen molar-refractivity contribution < 1.29 is 19.4 Å². The quantitative estimate of drug-likeness (QED) is 0.385. The third kappa shape index (κ3) is 9.68. The van der Waals surface area contributed by atoms with Crippen LogP contribution in [0.25, 0.3) is 0 Å². The van der Waals surface area contributed by atoms with E-state index in [0.29, 0.717) is 0 Å². The van der Waals surface area contributed by atoms with E-state index in [1.165, 1.54) is 6.26 Å². The van der Waals surface area contributed by atoms with Crippen LogP contribution in [0.3, 0.4) is 0 Å². The van der Waals surface area contributed by atoms with Crippen LogP contribution in [-0.2, 0) is 14.3 Å². The standard InChI is InChI=1S/C7H10O4.Na.H/c1-2-5-11-7(10)4-3-6(8)9;;/h2,5H,3-4H2,1H3,(H,8,9);;. The van der Waals surface area contributed by atoms with Crippen LogP contribution in [0.2, 0.25) is 0 Å². The average Bonchev–Trinajstić information content (AvgIpc) is 1.97. The van der Waals surface area contributed by atoms with Gasteiger partial charge in [0.05, 0.1) is 19.1 Å². The van der Waals surface area contributed by atoms with E-state index in [1.807, 2.05) is 0 Å². The van der Waals surface area contributed by atoms with Crippen molar-refractivity contribution in [2.45, 2.75) is 19.8 Å². The van der Waals surface area contributed by atoms with E-state index in [2.05, 4.69) is 4.74 Å². The Hall–Kier alpha value is -0.320. The van der Waals surface area contributed by atoms with Crippen molar-refractivity contribution in [3.8, 4) is 0 Å². The second kappa shape index (κ2) is 8.77. The first-order valence-corrected chi connectivity index (χ1v) is 3.19. The number of ether oxygens (including phenoxy) is 1. The third-order valence-corrected chi connectivity index (χ3v) is 0.879. The summed E-state index contributed by atoms with van der Waals surface area (Å²) in [6, 6.07) is 0. The molecule has 0 aliphatic carbocycles. The molecule has 5 heteroatoms. The van der Waals surface area contributed by atoms with Crippen molar-refractivity contribution in [2.24, 2.45) is 0 Å². The Morgan fingerprint density at radius 3 is 2.42 bits per heavy atom. The van der Waals surface area contributed by atoms with Crippen LogP contribution in [0.4, 0.5) is 0 Å². The molecule has 0 heterocycles. The van der Waals surface area contributed by atoms with Crippen LogP contribution >= 0.6 is 0 Å². The summed E-state index contributed by atoms with van der Waals surface area (Å²) in [5.41, 5.74) is 0. The van der Waals surface area contributed by atoms with E-state index >= 15 is 0 Å². The van der Waals surface area contributed by atoms with Gasteiger partial charge in [-0.2, -0.15) is 0 Å². The molecule has 0 aromatic heterocycles. The SMILES string of the molecule is CC=COC(=O)CCC(=O)O.[NaH]. The van der Waals surface area contributed by atoms with Gasteiger partial charge in [-0.15, -0.1) is 0 Å². The van der Waals surface area contributed by atoms with E-state index in [9.17, 15) is 9.59 Å². The Labute approximate surface area is 92.9 Å². The Morgan fingerprint density at radius 1 is 1.42 bits per heavy atom. The minimum absolute atomic E-state index is 0. The number of hydrogen-bond acceptors (Lipinski definition) is 3. The zero-order valence-electron chi connectivity index (χ0n) is 6.24. The molecule has 0 bridgehead atoms. The summed E-state index contributed by atoms with van der Waals surface area (Å²) in [5, 5.41) is 8.16. The van der Waals surface area contributed by atoms with Crippen LogP contribution in [-0.4, -0.2) is 46.6 Å². The second-order valence-electron chi connectivity index (χ2n) is 1.85. The minimum atomic E-state index is -0.998. The average molecular weight is 182 g/mol. The predicted octanol–water partition coefficient (Wildman–Crippen LogP) is 0.279. The van der Waals surface area contributed by atoms with E-state index in [4.69, 9.17) is 5.11 Å². The van der Waals surface area contributed by atoms with Gasteiger partial charge in [0.2, 0.25) is 0 Å². The summed E-state index contributed by atoms with van der Waals surface area (Å²) >= 11 is 0. The molecule has 0 aliphatic rings. The number of carbonyl (C=O) groups is 2. The number of esters is 1. The number of carbonyl (C=O) groups excluding carboxylic acids is 1. The fourth-order valence-corrected chi connectivity index (χ4v) is 0.412. The maximum absolute atomic E-state index is 10.6. The summed E-state index contributed by atoms with van der Waals surface area (Å²) in [7, 11) is 0. The molecule has 12 heavy (non-hydrogen) atoms. The van der Waals surface area contributed by atoms with Crippen molar-refractivity contribution >= 4 is 41.5 Å². The molecule has 0 atom stereocenters. The van der Waals surface area contributed by atoms with E-state index in [1.54, 1.807) is 13.0 Å². The fraction of sp³-hybridized carbons (Fsp3) is 0.429. The molecule has 0 saturated carbocycles. The van der Waals surface area contributed by atoms with Gasteiger partial charge < -0.3 is 9.84 Å². The molecule has 0 aromatic rings. The van der Waals surface area contributed by atoms with Crippen molar-refractivity contribution in [1.82, 2.24) is 0 Å². The number of carboxylic acids is 1. The Balaban J connectivity index is 0. The van der Waals surface area contributed by atoms with Crippen LogP contribution in [0.15, 0.2) is 12.3 Å². The zero-order valence-corrected chi connectivity index (χ0v) is 6.24. The van der Waals surface area contributed by atoms with Crippen LogP contribution in [0, 0.1) is 0 Å². The van der Waals surface area contributed by atoms with Gasteiger partial charge in [0.1, 0.15) is 0 Å². The molecule has 1 N–H and O–H groups in total. The third-order valence-electron chi connectivity index (χ3n) is 0.879. The zero-order chi connectivity index (χ0) is 8.69. The number of hydrogen-bond donors (Lipinski definition) is 1. The second-order valence-corrected chi connectivity index (χ2v) is 1.85. The van der Waals surface area contributed by atoms with Crippen molar-refractivity contribution in [2.75, 3.05) is 0 Å². The summed E-state index contributed by atoms with van der Waals surface area (Å²) < 4.78 is 4.46. The first kappa shape index (κ1) is 14.2. The van der Waals surface area contributed by atoms with Gasteiger partial charge in [-0.1, -0.05) is 6.08 Å². The van der Waals surface area contributed by atoms with Gasteiger partial charge in [0, 0.05) is 0 Å². The maximum atomic E-state index is 10.6. The molecule has 0 aromatic carbocycles. The van der Waals surface area contributed by atoms with E-state index < -0.39 is 11.9 Å². The summed E-state index contributed by atoms with van der Waals surface area (Å²) in [6.45, 7) is 1.70. The Morgan fingerprint density at radius 2 is 2.00 bits per heavy atom. The van der Waals surface area contributed by atoms with Gasteiger partial charge >= 0.3 is 41.5 Å². The number of aliphatic carboxylic acids is 1. The van der Waals surface area contributed by atoms with Crippen LogP contribution in [0.1, 0.15) is 19.8 Å². The molecule has 0 aliphatic heterocycles. The van der Waals surface area contributed by atoms with Gasteiger partial charge in [0.15, 0.2) is 0 Å². The molecule has 0 spiro atoms. The van der Waals surface area contributed by atoms with Crippen molar-refractivity contribution in [3.05, 3.63) is 12.3 Å². The molecule has 0 radical (unpaired) electrons. The Bertz CT molecular complexity index is 176. The molecular formula is C7H11NaO4. The molecular weight excluding hydrogens is 171 g/mol. The van der Waals surface area contributed by atoms with E-state index in [-0.39, 0.29) is 42.4 Å². The molecule has 0 saturated heterocycles. The molecule has 4 nitrogen and oxygen atoms in total. The van der Waals surface area contributed by atoms with Gasteiger partial charge in [-0.3, -0.25) is 9.59 Å². The molecule has 0 fully saturated rings. The molecule has 64 valence electrons. The molecule has 0 amide bonds. The predicted molar refractivity (Wildman–Crippen MR) is 44.9 cm³/mol. The normalized spacial score (nSPS) is 9.08. The molecule has 0 unspecified atom stereocenters. The van der Waals surface area contributed by atoms with Crippen molar-refractivity contribution in [3.63, 3.8) is 0 Å². The monoisotopic (exact) mass is 182 g/mol. The fourth-order valence-electron chi connectivity index (χ4n) is 0.412. The van der Waals surface area contributed by atoms with Crippen molar-refractivity contribution in [1.29, 1.82) is 0 Å². The van der Waals surface area contributed by atoms with E-state index in [0.717, 1.165) is 0 Å². The first-order chi connectivity index (χ1) is 5.16. The Kier molecular flexibility index (Phi) is 10.4. The van der Waals surface area contributed by atoms with Gasteiger partial charge in [-0.25, -0.2) is 0 Å². The summed E-state index contributed by atoms with van der Waals surface area (Å²) in [5.74, 6) is -1.52. The number of carboxylic acid groups (broad SMARTS) is 1.